The zero-order valence-electron chi connectivity index (χ0n) is 9.56. The molecule has 0 aromatic carbocycles. The van der Waals surface area contributed by atoms with Crippen LogP contribution in [-0.2, 0) is 11.5 Å². The summed E-state index contributed by atoms with van der Waals surface area (Å²) in [7, 11) is 0. The molecule has 7 heteroatoms. The topological polar surface area (TPSA) is 101 Å². The molecule has 0 aliphatic carbocycles. The van der Waals surface area contributed by atoms with Gasteiger partial charge in [0, 0.05) is 18.4 Å². The van der Waals surface area contributed by atoms with Gasteiger partial charge in [0.25, 0.3) is 11.5 Å². The van der Waals surface area contributed by atoms with Crippen molar-refractivity contribution in [2.24, 2.45) is 0 Å². The number of aromatic hydroxyl groups is 1. The molecule has 0 aliphatic heterocycles. The summed E-state index contributed by atoms with van der Waals surface area (Å²) in [6, 6.07) is 0. The standard InChI is InChI=1S/C10H14N2O5/c1-3-17-5-12-4-6(2)8(13)7(10(12)15)9(14)11-16/h4,13,16H,3,5H2,1-2H3,(H,11,14). The number of amides is 1. The van der Waals surface area contributed by atoms with E-state index in [0.717, 1.165) is 4.57 Å². The van der Waals surface area contributed by atoms with Crippen molar-refractivity contribution in [2.75, 3.05) is 6.61 Å². The van der Waals surface area contributed by atoms with Crippen molar-refractivity contribution in [3.63, 3.8) is 0 Å². The number of hydrogen-bond donors (Lipinski definition) is 3. The van der Waals surface area contributed by atoms with Gasteiger partial charge in [-0.1, -0.05) is 0 Å². The van der Waals surface area contributed by atoms with Crippen LogP contribution in [-0.4, -0.2) is 27.4 Å². The quantitative estimate of drug-likeness (QED) is 0.508. The first-order valence-electron chi connectivity index (χ1n) is 4.98. The number of carbonyl (C=O) groups is 1. The van der Waals surface area contributed by atoms with Crippen LogP contribution in [0.5, 0.6) is 5.75 Å². The lowest BCUT2D eigenvalue weighted by atomic mass is 10.1. The van der Waals surface area contributed by atoms with E-state index >= 15 is 0 Å². The van der Waals surface area contributed by atoms with E-state index in [1.807, 2.05) is 0 Å². The first-order chi connectivity index (χ1) is 8.02. The highest BCUT2D eigenvalue weighted by atomic mass is 16.5. The molecule has 1 aromatic heterocycles. The van der Waals surface area contributed by atoms with Crippen LogP contribution in [0.4, 0.5) is 0 Å². The Bertz CT molecular complexity index is 480. The Morgan fingerprint density at radius 1 is 1.59 bits per heavy atom. The van der Waals surface area contributed by atoms with Crippen molar-refractivity contribution >= 4 is 5.91 Å². The molecule has 0 fully saturated rings. The molecule has 94 valence electrons. The molecule has 7 nitrogen and oxygen atoms in total. The summed E-state index contributed by atoms with van der Waals surface area (Å²) in [5.41, 5.74) is 0.421. The third kappa shape index (κ3) is 2.63. The van der Waals surface area contributed by atoms with Crippen LogP contribution in [0.2, 0.25) is 0 Å². The smallest absolute Gasteiger partial charge is 0.284 e. The number of pyridine rings is 1. The van der Waals surface area contributed by atoms with Crippen molar-refractivity contribution in [2.45, 2.75) is 20.6 Å². The van der Waals surface area contributed by atoms with Gasteiger partial charge in [-0.3, -0.25) is 19.4 Å². The van der Waals surface area contributed by atoms with Crippen molar-refractivity contribution in [3.05, 3.63) is 27.7 Å². The average molecular weight is 242 g/mol. The Balaban J connectivity index is 3.33. The molecule has 17 heavy (non-hydrogen) atoms. The molecule has 0 unspecified atom stereocenters. The maximum Gasteiger partial charge on any atom is 0.284 e. The zero-order valence-corrected chi connectivity index (χ0v) is 9.56. The molecule has 0 bridgehead atoms. The number of carbonyl (C=O) groups excluding carboxylic acids is 1. The molecule has 0 radical (unpaired) electrons. The fraction of sp³-hybridized carbons (Fsp3) is 0.400. The maximum atomic E-state index is 11.8. The highest BCUT2D eigenvalue weighted by Gasteiger charge is 2.19. The summed E-state index contributed by atoms with van der Waals surface area (Å²) < 4.78 is 6.19. The lowest BCUT2D eigenvalue weighted by molar-refractivity contribution is 0.0691. The van der Waals surface area contributed by atoms with Crippen molar-refractivity contribution in [1.82, 2.24) is 10.0 Å². The van der Waals surface area contributed by atoms with Crippen LogP contribution in [0, 0.1) is 6.92 Å². The van der Waals surface area contributed by atoms with E-state index in [4.69, 9.17) is 9.94 Å². The van der Waals surface area contributed by atoms with Gasteiger partial charge in [-0.2, -0.15) is 0 Å². The number of ether oxygens (including phenoxy) is 1. The van der Waals surface area contributed by atoms with Crippen LogP contribution in [0.15, 0.2) is 11.0 Å². The van der Waals surface area contributed by atoms with E-state index in [0.29, 0.717) is 12.2 Å². The fourth-order valence-corrected chi connectivity index (χ4v) is 1.34. The Kier molecular flexibility index (Phi) is 4.24. The van der Waals surface area contributed by atoms with Crippen LogP contribution < -0.4 is 11.0 Å². The lowest BCUT2D eigenvalue weighted by Gasteiger charge is -2.11. The van der Waals surface area contributed by atoms with Crippen molar-refractivity contribution in [1.29, 1.82) is 0 Å². The normalized spacial score (nSPS) is 10.3. The number of hydroxylamine groups is 1. The van der Waals surface area contributed by atoms with Crippen molar-refractivity contribution in [3.8, 4) is 5.75 Å². The van der Waals surface area contributed by atoms with E-state index < -0.39 is 22.8 Å². The maximum absolute atomic E-state index is 11.8. The molecule has 1 heterocycles. The first-order valence-corrected chi connectivity index (χ1v) is 4.98. The van der Waals surface area contributed by atoms with Gasteiger partial charge in [0.2, 0.25) is 0 Å². The second kappa shape index (κ2) is 5.46. The van der Waals surface area contributed by atoms with E-state index in [2.05, 4.69) is 0 Å². The van der Waals surface area contributed by atoms with Gasteiger partial charge in [-0.25, -0.2) is 5.48 Å². The monoisotopic (exact) mass is 242 g/mol. The van der Waals surface area contributed by atoms with E-state index in [-0.39, 0.29) is 6.73 Å². The van der Waals surface area contributed by atoms with Gasteiger partial charge >= 0.3 is 0 Å². The van der Waals surface area contributed by atoms with Gasteiger partial charge in [0.1, 0.15) is 18.0 Å². The predicted octanol–water partition coefficient (Wildman–Crippen LogP) is -0.0247. The second-order valence-electron chi connectivity index (χ2n) is 3.37. The summed E-state index contributed by atoms with van der Waals surface area (Å²) in [6.07, 6.45) is 1.38. The minimum absolute atomic E-state index is 0.0256. The van der Waals surface area contributed by atoms with Gasteiger partial charge in [0.15, 0.2) is 0 Å². The van der Waals surface area contributed by atoms with Crippen molar-refractivity contribution < 1.29 is 19.8 Å². The number of aryl methyl sites for hydroxylation is 1. The highest BCUT2D eigenvalue weighted by molar-refractivity contribution is 5.95. The van der Waals surface area contributed by atoms with E-state index in [9.17, 15) is 14.7 Å². The molecule has 0 atom stereocenters. The number of hydrogen-bond acceptors (Lipinski definition) is 5. The lowest BCUT2D eigenvalue weighted by Crippen LogP contribution is -2.32. The molecular formula is C10H14N2O5. The summed E-state index contributed by atoms with van der Waals surface area (Å²) in [6.45, 7) is 3.68. The summed E-state index contributed by atoms with van der Waals surface area (Å²) >= 11 is 0. The average Bonchev–Trinajstić information content (AvgIpc) is 2.32. The zero-order chi connectivity index (χ0) is 13.0. The van der Waals surface area contributed by atoms with Crippen LogP contribution >= 0.6 is 0 Å². The Labute approximate surface area is 97.2 Å². The minimum Gasteiger partial charge on any atom is -0.507 e. The molecule has 0 saturated heterocycles. The van der Waals surface area contributed by atoms with E-state index in [1.54, 1.807) is 6.92 Å². The summed E-state index contributed by atoms with van der Waals surface area (Å²) in [5.74, 6) is -1.50. The Morgan fingerprint density at radius 3 is 2.76 bits per heavy atom. The summed E-state index contributed by atoms with van der Waals surface area (Å²) in [5, 5.41) is 18.1. The van der Waals surface area contributed by atoms with Crippen LogP contribution in [0.1, 0.15) is 22.8 Å². The predicted molar refractivity (Wildman–Crippen MR) is 58.0 cm³/mol. The molecular weight excluding hydrogens is 228 g/mol. The van der Waals surface area contributed by atoms with E-state index in [1.165, 1.54) is 18.6 Å². The number of aromatic nitrogens is 1. The fourth-order valence-electron chi connectivity index (χ4n) is 1.34. The SMILES string of the molecule is CCOCn1cc(C)c(O)c(C(=O)NO)c1=O. The Hall–Kier alpha value is -1.86. The Morgan fingerprint density at radius 2 is 2.24 bits per heavy atom. The largest absolute Gasteiger partial charge is 0.507 e. The highest BCUT2D eigenvalue weighted by Crippen LogP contribution is 2.17. The minimum atomic E-state index is -1.05. The van der Waals surface area contributed by atoms with Gasteiger partial charge in [0.05, 0.1) is 0 Å². The molecule has 3 N–H and O–H groups in total. The molecule has 0 spiro atoms. The van der Waals surface area contributed by atoms with Gasteiger partial charge < -0.3 is 9.84 Å². The van der Waals surface area contributed by atoms with Gasteiger partial charge in [-0.05, 0) is 13.8 Å². The molecule has 1 amide bonds. The summed E-state index contributed by atoms with van der Waals surface area (Å²) in [4.78, 5) is 23.1. The molecule has 0 aliphatic rings. The third-order valence-electron chi connectivity index (χ3n) is 2.20. The molecule has 1 rings (SSSR count). The first kappa shape index (κ1) is 13.2. The molecule has 1 aromatic rings. The van der Waals surface area contributed by atoms with Crippen LogP contribution in [0.25, 0.3) is 0 Å². The molecule has 0 saturated carbocycles. The second-order valence-corrected chi connectivity index (χ2v) is 3.37. The third-order valence-corrected chi connectivity index (χ3v) is 2.20. The van der Waals surface area contributed by atoms with Gasteiger partial charge in [-0.15, -0.1) is 0 Å². The van der Waals surface area contributed by atoms with Crippen LogP contribution in [0.3, 0.4) is 0 Å². The number of rotatable bonds is 4. The number of nitrogens with zero attached hydrogens (tertiary/aromatic N) is 1. The number of nitrogens with one attached hydrogen (secondary N) is 1.